The fourth-order valence-electron chi connectivity index (χ4n) is 4.25. The molecule has 7 nitrogen and oxygen atoms in total. The van der Waals surface area contributed by atoms with Crippen molar-refractivity contribution in [1.29, 1.82) is 0 Å². The molecule has 0 spiro atoms. The van der Waals surface area contributed by atoms with Crippen LogP contribution < -0.4 is 0 Å². The van der Waals surface area contributed by atoms with Gasteiger partial charge in [-0.3, -0.25) is 9.69 Å². The molecule has 2 heterocycles. The van der Waals surface area contributed by atoms with Crippen molar-refractivity contribution in [3.8, 4) is 0 Å². The number of morpholine rings is 1. The molecule has 2 amide bonds. The average molecular weight is 424 g/mol. The standard InChI is InChI=1S/C24H28N2O5/c1-17-13-25(15-22(31-17)19-10-6-3-7-11-19)23(28)21-12-20(27)14-26(21)24(29)30-16-18-8-4-2-5-9-18/h2-11,17,20-22,27H,12-16H2,1H3/t17?,20-,21+,22?/m1/s1. The quantitative estimate of drug-likeness (QED) is 0.817. The molecule has 0 saturated carbocycles. The minimum Gasteiger partial charge on any atom is -0.445 e. The lowest BCUT2D eigenvalue weighted by Crippen LogP contribution is -2.53. The van der Waals surface area contributed by atoms with Crippen molar-refractivity contribution < 1.29 is 24.2 Å². The van der Waals surface area contributed by atoms with Gasteiger partial charge in [0, 0.05) is 13.0 Å². The monoisotopic (exact) mass is 424 g/mol. The zero-order valence-electron chi connectivity index (χ0n) is 17.6. The first-order valence-electron chi connectivity index (χ1n) is 10.7. The van der Waals surface area contributed by atoms with Crippen molar-refractivity contribution >= 4 is 12.0 Å². The summed E-state index contributed by atoms with van der Waals surface area (Å²) in [4.78, 5) is 29.2. The maximum atomic E-state index is 13.4. The van der Waals surface area contributed by atoms with Crippen LogP contribution in [-0.4, -0.2) is 64.8 Å². The van der Waals surface area contributed by atoms with Crippen LogP contribution in [0.2, 0.25) is 0 Å². The van der Waals surface area contributed by atoms with Crippen LogP contribution in [0.15, 0.2) is 60.7 Å². The molecule has 2 aliphatic heterocycles. The molecule has 2 fully saturated rings. The van der Waals surface area contributed by atoms with E-state index in [9.17, 15) is 14.7 Å². The topological polar surface area (TPSA) is 79.3 Å². The van der Waals surface area contributed by atoms with Gasteiger partial charge in [0.25, 0.3) is 0 Å². The van der Waals surface area contributed by atoms with Crippen LogP contribution >= 0.6 is 0 Å². The molecular weight excluding hydrogens is 396 g/mol. The Labute approximate surface area is 182 Å². The smallest absolute Gasteiger partial charge is 0.410 e. The Bertz CT molecular complexity index is 891. The summed E-state index contributed by atoms with van der Waals surface area (Å²) in [7, 11) is 0. The molecule has 2 aromatic rings. The van der Waals surface area contributed by atoms with E-state index in [1.807, 2.05) is 67.6 Å². The molecule has 1 N–H and O–H groups in total. The Morgan fingerprint density at radius 1 is 1.03 bits per heavy atom. The summed E-state index contributed by atoms with van der Waals surface area (Å²) in [5.74, 6) is -0.177. The van der Waals surface area contributed by atoms with E-state index in [0.717, 1.165) is 11.1 Å². The van der Waals surface area contributed by atoms with Crippen molar-refractivity contribution in [1.82, 2.24) is 9.80 Å². The van der Waals surface area contributed by atoms with Crippen molar-refractivity contribution in [3.63, 3.8) is 0 Å². The molecule has 2 aromatic carbocycles. The second-order valence-electron chi connectivity index (χ2n) is 8.19. The molecule has 2 unspecified atom stereocenters. The van der Waals surface area contributed by atoms with Crippen LogP contribution in [0.1, 0.15) is 30.6 Å². The van der Waals surface area contributed by atoms with Crippen LogP contribution in [0.3, 0.4) is 0 Å². The number of rotatable bonds is 4. The molecule has 2 saturated heterocycles. The second-order valence-corrected chi connectivity index (χ2v) is 8.19. The number of carbonyl (C=O) groups excluding carboxylic acids is 2. The highest BCUT2D eigenvalue weighted by molar-refractivity contribution is 5.86. The number of likely N-dealkylation sites (tertiary alicyclic amines) is 1. The van der Waals surface area contributed by atoms with Crippen molar-refractivity contribution in [2.45, 2.75) is 44.3 Å². The number of hydrogen-bond donors (Lipinski definition) is 1. The Morgan fingerprint density at radius 3 is 2.42 bits per heavy atom. The number of carbonyl (C=O) groups is 2. The van der Waals surface area contributed by atoms with Gasteiger partial charge in [-0.05, 0) is 18.1 Å². The molecule has 0 bridgehead atoms. The fraction of sp³-hybridized carbons (Fsp3) is 0.417. The largest absolute Gasteiger partial charge is 0.445 e. The summed E-state index contributed by atoms with van der Waals surface area (Å²) in [6.07, 6.45) is -1.48. The number of ether oxygens (including phenoxy) is 2. The number of aliphatic hydroxyl groups excluding tert-OH is 1. The molecule has 164 valence electrons. The number of hydrogen-bond acceptors (Lipinski definition) is 5. The van der Waals surface area contributed by atoms with E-state index in [-0.39, 0.29) is 37.7 Å². The van der Waals surface area contributed by atoms with E-state index in [0.29, 0.717) is 13.1 Å². The van der Waals surface area contributed by atoms with E-state index in [1.54, 1.807) is 4.90 Å². The first-order chi connectivity index (χ1) is 15.0. The SMILES string of the molecule is CC1CN(C(=O)[C@@H]2C[C@@H](O)CN2C(=O)OCc2ccccc2)CC(c2ccccc2)O1. The van der Waals surface area contributed by atoms with Crippen molar-refractivity contribution in [2.75, 3.05) is 19.6 Å². The van der Waals surface area contributed by atoms with Gasteiger partial charge in [0.05, 0.1) is 25.3 Å². The van der Waals surface area contributed by atoms with Gasteiger partial charge >= 0.3 is 6.09 Å². The van der Waals surface area contributed by atoms with Crippen LogP contribution in [0.5, 0.6) is 0 Å². The molecular formula is C24H28N2O5. The second kappa shape index (κ2) is 9.49. The predicted molar refractivity (Wildman–Crippen MR) is 114 cm³/mol. The predicted octanol–water partition coefficient (Wildman–Crippen LogP) is 2.75. The Balaban J connectivity index is 1.43. The molecule has 2 aliphatic rings. The van der Waals surface area contributed by atoms with Gasteiger partial charge in [0.1, 0.15) is 18.8 Å². The summed E-state index contributed by atoms with van der Waals surface area (Å²) in [6, 6.07) is 18.4. The van der Waals surface area contributed by atoms with E-state index in [1.165, 1.54) is 4.90 Å². The molecule has 0 aromatic heterocycles. The number of nitrogens with zero attached hydrogens (tertiary/aromatic N) is 2. The van der Waals surface area contributed by atoms with Gasteiger partial charge in [-0.25, -0.2) is 4.79 Å². The maximum Gasteiger partial charge on any atom is 0.410 e. The summed E-state index contributed by atoms with van der Waals surface area (Å²) in [5, 5.41) is 10.2. The Hall–Kier alpha value is -2.90. The Morgan fingerprint density at radius 2 is 1.71 bits per heavy atom. The van der Waals surface area contributed by atoms with E-state index < -0.39 is 18.2 Å². The molecule has 0 radical (unpaired) electrons. The first-order valence-corrected chi connectivity index (χ1v) is 10.7. The van der Waals surface area contributed by atoms with Crippen LogP contribution in [0.25, 0.3) is 0 Å². The fourth-order valence-corrected chi connectivity index (χ4v) is 4.25. The van der Waals surface area contributed by atoms with Gasteiger partial charge in [0.15, 0.2) is 0 Å². The van der Waals surface area contributed by atoms with Gasteiger partial charge in [-0.2, -0.15) is 0 Å². The third-order valence-electron chi connectivity index (χ3n) is 5.75. The van der Waals surface area contributed by atoms with Crippen molar-refractivity contribution in [3.05, 3.63) is 71.8 Å². The number of benzene rings is 2. The van der Waals surface area contributed by atoms with E-state index >= 15 is 0 Å². The number of amides is 2. The highest BCUT2D eigenvalue weighted by atomic mass is 16.6. The summed E-state index contributed by atoms with van der Waals surface area (Å²) < 4.78 is 11.5. The average Bonchev–Trinajstić information content (AvgIpc) is 3.19. The summed E-state index contributed by atoms with van der Waals surface area (Å²) in [5.41, 5.74) is 1.88. The number of β-amino-alcohol motifs (C(OH)–C–C–N with tert-alkyl or cyclic N) is 1. The lowest BCUT2D eigenvalue weighted by molar-refractivity contribution is -0.149. The zero-order chi connectivity index (χ0) is 21.8. The minimum atomic E-state index is -0.749. The lowest BCUT2D eigenvalue weighted by atomic mass is 10.1. The number of aliphatic hydroxyl groups is 1. The molecule has 4 rings (SSSR count). The Kier molecular flexibility index (Phi) is 6.53. The molecule has 0 aliphatic carbocycles. The normalized spacial score (nSPS) is 26.0. The highest BCUT2D eigenvalue weighted by Crippen LogP contribution is 2.28. The van der Waals surface area contributed by atoms with Gasteiger partial charge in [-0.15, -0.1) is 0 Å². The molecule has 7 heteroatoms. The van der Waals surface area contributed by atoms with Crippen LogP contribution in [0, 0.1) is 0 Å². The third-order valence-corrected chi connectivity index (χ3v) is 5.75. The van der Waals surface area contributed by atoms with Gasteiger partial charge in [0.2, 0.25) is 5.91 Å². The zero-order valence-corrected chi connectivity index (χ0v) is 17.6. The van der Waals surface area contributed by atoms with Crippen LogP contribution in [0.4, 0.5) is 4.79 Å². The lowest BCUT2D eigenvalue weighted by Gasteiger charge is -2.39. The maximum absolute atomic E-state index is 13.4. The molecule has 31 heavy (non-hydrogen) atoms. The van der Waals surface area contributed by atoms with Crippen LogP contribution in [-0.2, 0) is 20.9 Å². The summed E-state index contributed by atoms with van der Waals surface area (Å²) in [6.45, 7) is 3.00. The molecule has 4 atom stereocenters. The highest BCUT2D eigenvalue weighted by Gasteiger charge is 2.43. The van der Waals surface area contributed by atoms with E-state index in [2.05, 4.69) is 0 Å². The van der Waals surface area contributed by atoms with Gasteiger partial charge in [-0.1, -0.05) is 60.7 Å². The van der Waals surface area contributed by atoms with Gasteiger partial charge < -0.3 is 19.5 Å². The van der Waals surface area contributed by atoms with E-state index in [4.69, 9.17) is 9.47 Å². The first kappa shape index (κ1) is 21.3. The van der Waals surface area contributed by atoms with Crippen molar-refractivity contribution in [2.24, 2.45) is 0 Å². The third kappa shape index (κ3) is 5.06. The minimum absolute atomic E-state index is 0.0893. The summed E-state index contributed by atoms with van der Waals surface area (Å²) >= 11 is 0.